The van der Waals surface area contributed by atoms with Crippen LogP contribution in [0.2, 0.25) is 0 Å². The minimum absolute atomic E-state index is 0.0459. The van der Waals surface area contributed by atoms with Gasteiger partial charge in [-0.15, -0.1) is 0 Å². The number of hydrogen-bond donors (Lipinski definition) is 3. The van der Waals surface area contributed by atoms with E-state index in [0.717, 1.165) is 50.0 Å². The van der Waals surface area contributed by atoms with Crippen LogP contribution in [-0.2, 0) is 9.59 Å². The van der Waals surface area contributed by atoms with Crippen molar-refractivity contribution in [2.45, 2.75) is 62.9 Å². The third-order valence-electron chi connectivity index (χ3n) is 5.78. The lowest BCUT2D eigenvalue weighted by Crippen LogP contribution is -2.54. The number of anilines is 1. The van der Waals surface area contributed by atoms with Crippen molar-refractivity contribution < 1.29 is 19.4 Å². The van der Waals surface area contributed by atoms with Crippen molar-refractivity contribution in [1.82, 2.24) is 5.32 Å². The molecule has 1 aromatic rings. The number of hydrogen-bond acceptors (Lipinski definition) is 4. The molecule has 0 atom stereocenters. The lowest BCUT2D eigenvalue weighted by Gasteiger charge is -2.34. The normalized spacial score (nSPS) is 24.7. The number of benzene rings is 1. The Hall–Kier alpha value is -2.24. The monoisotopic (exact) mass is 360 g/mol. The van der Waals surface area contributed by atoms with Gasteiger partial charge in [-0.1, -0.05) is 12.8 Å². The quantitative estimate of drug-likeness (QED) is 0.725. The molecule has 1 amide bonds. The number of carbonyl (C=O) groups is 2. The van der Waals surface area contributed by atoms with Gasteiger partial charge in [-0.3, -0.25) is 9.59 Å². The van der Waals surface area contributed by atoms with Crippen LogP contribution < -0.4 is 15.4 Å². The predicted octanol–water partition coefficient (Wildman–Crippen LogP) is 3.18. The Morgan fingerprint density at radius 2 is 1.69 bits per heavy atom. The molecule has 0 aromatic heterocycles. The summed E-state index contributed by atoms with van der Waals surface area (Å²) in [5.41, 5.74) is 0.343. The van der Waals surface area contributed by atoms with E-state index in [1.165, 1.54) is 0 Å². The van der Waals surface area contributed by atoms with Crippen LogP contribution >= 0.6 is 0 Å². The molecule has 3 rings (SSSR count). The molecule has 2 aliphatic carbocycles. The van der Waals surface area contributed by atoms with E-state index in [9.17, 15) is 9.59 Å². The van der Waals surface area contributed by atoms with Crippen LogP contribution in [0.15, 0.2) is 24.3 Å². The second-order valence-electron chi connectivity index (χ2n) is 7.50. The number of methoxy groups -OCH3 is 1. The molecule has 0 bridgehead atoms. The van der Waals surface area contributed by atoms with Crippen LogP contribution in [0.3, 0.4) is 0 Å². The Labute approximate surface area is 154 Å². The standard InChI is InChI=1S/C20H28N2O4/c1-26-17-10-8-16(9-11-17)22-20(12-2-3-13-20)19(25)21-15-6-4-14(5-7-15)18(23)24/h8-11,14-15,22H,2-7,12-13H2,1H3,(H,21,25)(H,23,24). The number of nitrogens with one attached hydrogen (secondary N) is 2. The highest BCUT2D eigenvalue weighted by molar-refractivity contribution is 5.90. The van der Waals surface area contributed by atoms with E-state index < -0.39 is 11.5 Å². The van der Waals surface area contributed by atoms with Crippen molar-refractivity contribution in [1.29, 1.82) is 0 Å². The summed E-state index contributed by atoms with van der Waals surface area (Å²) in [6, 6.07) is 7.72. The topological polar surface area (TPSA) is 87.7 Å². The van der Waals surface area contributed by atoms with Crippen LogP contribution in [-0.4, -0.2) is 35.7 Å². The van der Waals surface area contributed by atoms with Gasteiger partial charge in [0.25, 0.3) is 0 Å². The molecule has 0 aliphatic heterocycles. The summed E-state index contributed by atoms with van der Waals surface area (Å²) in [6.45, 7) is 0. The molecular weight excluding hydrogens is 332 g/mol. The molecule has 0 radical (unpaired) electrons. The summed E-state index contributed by atoms with van der Waals surface area (Å²) in [4.78, 5) is 24.1. The van der Waals surface area contributed by atoms with Crippen LogP contribution in [0.1, 0.15) is 51.4 Å². The summed E-state index contributed by atoms with van der Waals surface area (Å²) < 4.78 is 5.19. The zero-order valence-electron chi connectivity index (χ0n) is 15.3. The fourth-order valence-electron chi connectivity index (χ4n) is 4.15. The van der Waals surface area contributed by atoms with E-state index in [4.69, 9.17) is 9.84 Å². The SMILES string of the molecule is COc1ccc(NC2(C(=O)NC3CCC(C(=O)O)CC3)CCCC2)cc1. The van der Waals surface area contributed by atoms with E-state index >= 15 is 0 Å². The Bertz CT molecular complexity index is 630. The Balaban J connectivity index is 1.63. The van der Waals surface area contributed by atoms with Crippen LogP contribution in [0.5, 0.6) is 5.75 Å². The molecule has 2 aliphatic rings. The van der Waals surface area contributed by atoms with Gasteiger partial charge in [0.05, 0.1) is 13.0 Å². The third-order valence-corrected chi connectivity index (χ3v) is 5.78. The van der Waals surface area contributed by atoms with Gasteiger partial charge in [-0.2, -0.15) is 0 Å². The largest absolute Gasteiger partial charge is 0.497 e. The molecule has 0 spiro atoms. The summed E-state index contributed by atoms with van der Waals surface area (Å²) in [7, 11) is 1.63. The summed E-state index contributed by atoms with van der Waals surface area (Å²) in [6.07, 6.45) is 6.44. The van der Waals surface area contributed by atoms with Gasteiger partial charge in [0.15, 0.2) is 0 Å². The van der Waals surface area contributed by atoms with Crippen molar-refractivity contribution in [3.63, 3.8) is 0 Å². The summed E-state index contributed by atoms with van der Waals surface area (Å²) in [5, 5.41) is 15.8. The van der Waals surface area contributed by atoms with Crippen LogP contribution in [0, 0.1) is 5.92 Å². The zero-order chi connectivity index (χ0) is 18.6. The first-order chi connectivity index (χ1) is 12.5. The molecule has 1 aromatic carbocycles. The van der Waals surface area contributed by atoms with E-state index in [1.54, 1.807) is 7.11 Å². The van der Waals surface area contributed by atoms with Crippen LogP contribution in [0.4, 0.5) is 5.69 Å². The highest BCUT2D eigenvalue weighted by Crippen LogP contribution is 2.35. The van der Waals surface area contributed by atoms with Gasteiger partial charge in [0, 0.05) is 11.7 Å². The highest BCUT2D eigenvalue weighted by atomic mass is 16.5. The first-order valence-corrected chi connectivity index (χ1v) is 9.48. The number of carbonyl (C=O) groups excluding carboxylic acids is 1. The number of aliphatic carboxylic acids is 1. The van der Waals surface area contributed by atoms with Gasteiger partial charge in [0.2, 0.25) is 5.91 Å². The first-order valence-electron chi connectivity index (χ1n) is 9.48. The number of carboxylic acids is 1. The maximum absolute atomic E-state index is 13.1. The highest BCUT2D eigenvalue weighted by Gasteiger charge is 2.42. The lowest BCUT2D eigenvalue weighted by molar-refractivity contribution is -0.142. The number of amides is 1. The van der Waals surface area contributed by atoms with Crippen molar-refractivity contribution in [3.05, 3.63) is 24.3 Å². The lowest BCUT2D eigenvalue weighted by atomic mass is 9.85. The van der Waals surface area contributed by atoms with E-state index in [1.807, 2.05) is 24.3 Å². The number of carboxylic acid groups (broad SMARTS) is 1. The van der Waals surface area contributed by atoms with Gasteiger partial charge < -0.3 is 20.5 Å². The second-order valence-corrected chi connectivity index (χ2v) is 7.50. The molecule has 6 nitrogen and oxygen atoms in total. The van der Waals surface area contributed by atoms with Gasteiger partial charge in [-0.05, 0) is 62.8 Å². The Kier molecular flexibility index (Phi) is 5.69. The van der Waals surface area contributed by atoms with Crippen molar-refractivity contribution in [2.75, 3.05) is 12.4 Å². The number of ether oxygens (including phenoxy) is 1. The molecule has 3 N–H and O–H groups in total. The Morgan fingerprint density at radius 3 is 2.23 bits per heavy atom. The third kappa shape index (κ3) is 4.11. The van der Waals surface area contributed by atoms with Crippen molar-refractivity contribution >= 4 is 17.6 Å². The van der Waals surface area contributed by atoms with Gasteiger partial charge in [-0.25, -0.2) is 0 Å². The smallest absolute Gasteiger partial charge is 0.306 e. The van der Waals surface area contributed by atoms with Gasteiger partial charge in [0.1, 0.15) is 11.3 Å². The number of rotatable bonds is 6. The van der Waals surface area contributed by atoms with E-state index in [-0.39, 0.29) is 17.9 Å². The molecule has 2 saturated carbocycles. The summed E-state index contributed by atoms with van der Waals surface area (Å²) in [5.74, 6) is -0.149. The predicted molar refractivity (Wildman–Crippen MR) is 99.3 cm³/mol. The van der Waals surface area contributed by atoms with E-state index in [2.05, 4.69) is 10.6 Å². The molecule has 2 fully saturated rings. The fraction of sp³-hybridized carbons (Fsp3) is 0.600. The second kappa shape index (κ2) is 7.98. The molecule has 0 unspecified atom stereocenters. The van der Waals surface area contributed by atoms with Crippen molar-refractivity contribution in [3.8, 4) is 5.75 Å². The molecular formula is C20H28N2O4. The minimum Gasteiger partial charge on any atom is -0.497 e. The maximum atomic E-state index is 13.1. The average Bonchev–Trinajstić information content (AvgIpc) is 3.12. The van der Waals surface area contributed by atoms with E-state index in [0.29, 0.717) is 12.8 Å². The molecule has 0 heterocycles. The minimum atomic E-state index is -0.719. The van der Waals surface area contributed by atoms with Crippen molar-refractivity contribution in [2.24, 2.45) is 5.92 Å². The fourth-order valence-corrected chi connectivity index (χ4v) is 4.15. The zero-order valence-corrected chi connectivity index (χ0v) is 15.3. The average molecular weight is 360 g/mol. The van der Waals surface area contributed by atoms with Gasteiger partial charge >= 0.3 is 5.97 Å². The molecule has 26 heavy (non-hydrogen) atoms. The maximum Gasteiger partial charge on any atom is 0.306 e. The molecule has 142 valence electrons. The Morgan fingerprint density at radius 1 is 1.08 bits per heavy atom. The van der Waals surface area contributed by atoms with Crippen LogP contribution in [0.25, 0.3) is 0 Å². The molecule has 0 saturated heterocycles. The first kappa shape index (κ1) is 18.5. The molecule has 6 heteroatoms. The summed E-state index contributed by atoms with van der Waals surface area (Å²) >= 11 is 0.